The maximum atomic E-state index is 11.6. The fraction of sp³-hybridized carbons (Fsp3) is 0.556. The Labute approximate surface area is 110 Å². The number of hydrogen-bond acceptors (Lipinski definition) is 5. The highest BCUT2D eigenvalue weighted by Gasteiger charge is 2.33. The molecule has 1 fully saturated rings. The van der Waals surface area contributed by atoms with E-state index in [-0.39, 0.29) is 12.6 Å². The molecule has 1 saturated heterocycles. The first kappa shape index (κ1) is 12.7. The molecule has 0 unspecified atom stereocenters. The number of H-pyrrole nitrogens is 1. The van der Waals surface area contributed by atoms with Crippen LogP contribution in [0.2, 0.25) is 0 Å². The number of aliphatic hydroxyl groups is 1. The predicted molar refractivity (Wildman–Crippen MR) is 67.6 cm³/mol. The summed E-state index contributed by atoms with van der Waals surface area (Å²) >= 11 is 1.83. The number of nitrogens with two attached hydrogens (primary N) is 1. The van der Waals surface area contributed by atoms with E-state index in [1.54, 1.807) is 0 Å². The topological polar surface area (TPSA) is 110 Å². The molecule has 1 aliphatic rings. The Bertz CT molecular complexity index is 526. The lowest BCUT2D eigenvalue weighted by molar-refractivity contribution is -0.0272. The van der Waals surface area contributed by atoms with E-state index >= 15 is 0 Å². The Hall–Kier alpha value is -0.710. The number of nitrogens with one attached hydrogen (secondary N) is 1. The van der Waals surface area contributed by atoms with Crippen molar-refractivity contribution in [1.29, 1.82) is 0 Å². The maximum absolute atomic E-state index is 11.6. The van der Waals surface area contributed by atoms with E-state index in [4.69, 9.17) is 15.6 Å². The number of hydrogen-bond donors (Lipinski definition) is 3. The van der Waals surface area contributed by atoms with Crippen molar-refractivity contribution < 1.29 is 9.84 Å². The Morgan fingerprint density at radius 2 is 2.35 bits per heavy atom. The average Bonchev–Trinajstić information content (AvgIpc) is 2.65. The van der Waals surface area contributed by atoms with Gasteiger partial charge in [0.25, 0.3) is 5.56 Å². The number of halogens is 1. The summed E-state index contributed by atoms with van der Waals surface area (Å²) in [6.07, 6.45) is 0.836. The predicted octanol–water partition coefficient (Wildman–Crippen LogP) is -1.25. The van der Waals surface area contributed by atoms with Gasteiger partial charge in [0.15, 0.2) is 0 Å². The van der Waals surface area contributed by atoms with Crippen LogP contribution >= 0.6 is 22.6 Å². The van der Waals surface area contributed by atoms with Crippen molar-refractivity contribution in [2.24, 2.45) is 5.73 Å². The number of nitrogens with zero attached hydrogens (tertiary/aromatic N) is 1. The van der Waals surface area contributed by atoms with Crippen LogP contribution in [0.3, 0.4) is 0 Å². The van der Waals surface area contributed by atoms with Gasteiger partial charge in [-0.15, -0.1) is 0 Å². The summed E-state index contributed by atoms with van der Waals surface area (Å²) in [5, 5.41) is 9.02. The van der Waals surface area contributed by atoms with Gasteiger partial charge in [-0.05, 0) is 22.6 Å². The van der Waals surface area contributed by atoms with Crippen LogP contribution in [-0.2, 0) is 4.74 Å². The maximum Gasteiger partial charge on any atom is 0.330 e. The van der Waals surface area contributed by atoms with E-state index in [0.717, 1.165) is 0 Å². The zero-order valence-electron chi connectivity index (χ0n) is 8.80. The molecule has 1 aromatic rings. The lowest BCUT2D eigenvalue weighted by Crippen LogP contribution is -2.33. The Morgan fingerprint density at radius 3 is 2.94 bits per heavy atom. The van der Waals surface area contributed by atoms with Crippen LogP contribution in [0.5, 0.6) is 0 Å². The van der Waals surface area contributed by atoms with Crippen LogP contribution in [0.4, 0.5) is 0 Å². The van der Waals surface area contributed by atoms with E-state index in [0.29, 0.717) is 9.99 Å². The molecule has 0 saturated carbocycles. The molecule has 0 amide bonds. The van der Waals surface area contributed by atoms with E-state index < -0.39 is 23.6 Å². The second-order valence-corrected chi connectivity index (χ2v) is 5.02. The molecule has 0 aliphatic carbocycles. The Kier molecular flexibility index (Phi) is 3.66. The van der Waals surface area contributed by atoms with Crippen molar-refractivity contribution in [3.05, 3.63) is 30.6 Å². The lowest BCUT2D eigenvalue weighted by atomic mass is 10.1. The van der Waals surface area contributed by atoms with Crippen LogP contribution in [-0.4, -0.2) is 33.4 Å². The quantitative estimate of drug-likeness (QED) is 0.576. The van der Waals surface area contributed by atoms with Gasteiger partial charge in [0, 0.05) is 18.7 Å². The summed E-state index contributed by atoms with van der Waals surface area (Å²) in [6.45, 7) is -0.188. The number of aromatic amines is 1. The third-order valence-corrected chi connectivity index (χ3v) is 3.47. The molecule has 0 spiro atoms. The minimum absolute atomic E-state index is 0.188. The zero-order valence-corrected chi connectivity index (χ0v) is 11.0. The standard InChI is InChI=1S/C9H12IN3O4/c10-4-2-13(9(16)12-8(4)15)7-1-5(11)6(3-14)17-7/h2,5-7,14H,1,3,11H2,(H,12,15,16)/t5-,6-,7-/m1/s1. The molecule has 2 rings (SSSR count). The van der Waals surface area contributed by atoms with Gasteiger partial charge >= 0.3 is 5.69 Å². The SMILES string of the molecule is N[C@@H]1C[C@H](n2cc(I)c(=O)[nH]c2=O)O[C@@H]1CO. The minimum atomic E-state index is -0.542. The third-order valence-electron chi connectivity index (χ3n) is 2.70. The molecule has 4 N–H and O–H groups in total. The van der Waals surface area contributed by atoms with Gasteiger partial charge in [-0.1, -0.05) is 0 Å². The molecule has 1 aliphatic heterocycles. The van der Waals surface area contributed by atoms with Crippen molar-refractivity contribution in [1.82, 2.24) is 9.55 Å². The second-order valence-electron chi connectivity index (χ2n) is 3.85. The highest BCUT2D eigenvalue weighted by Crippen LogP contribution is 2.25. The monoisotopic (exact) mass is 353 g/mol. The van der Waals surface area contributed by atoms with Gasteiger partial charge < -0.3 is 15.6 Å². The molecule has 2 heterocycles. The van der Waals surface area contributed by atoms with Gasteiger partial charge in [-0.2, -0.15) is 0 Å². The fourth-order valence-electron chi connectivity index (χ4n) is 1.78. The van der Waals surface area contributed by atoms with Gasteiger partial charge in [0.2, 0.25) is 0 Å². The first-order chi connectivity index (χ1) is 8.02. The molecule has 1 aromatic heterocycles. The van der Waals surface area contributed by atoms with E-state index in [1.165, 1.54) is 10.8 Å². The van der Waals surface area contributed by atoms with Crippen molar-refractivity contribution in [2.75, 3.05) is 6.61 Å². The summed E-state index contributed by atoms with van der Waals surface area (Å²) in [5.74, 6) is 0. The molecule has 17 heavy (non-hydrogen) atoms. The van der Waals surface area contributed by atoms with Crippen LogP contribution in [0.15, 0.2) is 15.8 Å². The van der Waals surface area contributed by atoms with Crippen molar-refractivity contribution in [3.8, 4) is 0 Å². The molecule has 3 atom stereocenters. The minimum Gasteiger partial charge on any atom is -0.394 e. The lowest BCUT2D eigenvalue weighted by Gasteiger charge is -2.14. The summed E-state index contributed by atoms with van der Waals surface area (Å²) < 4.78 is 7.13. The van der Waals surface area contributed by atoms with Crippen LogP contribution in [0.1, 0.15) is 12.6 Å². The van der Waals surface area contributed by atoms with Crippen molar-refractivity contribution >= 4 is 22.6 Å². The fourth-order valence-corrected chi connectivity index (χ4v) is 2.21. The third kappa shape index (κ3) is 2.44. The van der Waals surface area contributed by atoms with Crippen LogP contribution < -0.4 is 17.0 Å². The van der Waals surface area contributed by atoms with Gasteiger partial charge in [0.1, 0.15) is 6.23 Å². The van der Waals surface area contributed by atoms with Gasteiger partial charge in [-0.3, -0.25) is 14.3 Å². The van der Waals surface area contributed by atoms with Crippen LogP contribution in [0, 0.1) is 3.57 Å². The Balaban J connectivity index is 2.34. The summed E-state index contributed by atoms with van der Waals surface area (Å²) in [5.41, 5.74) is 4.80. The normalized spacial score (nSPS) is 28.5. The van der Waals surface area contributed by atoms with E-state index in [9.17, 15) is 9.59 Å². The number of aliphatic hydroxyl groups excluding tert-OH is 1. The largest absolute Gasteiger partial charge is 0.394 e. The summed E-state index contributed by atoms with van der Waals surface area (Å²) in [7, 11) is 0. The molecule has 94 valence electrons. The molecule has 8 heteroatoms. The van der Waals surface area contributed by atoms with Crippen LogP contribution in [0.25, 0.3) is 0 Å². The molecule has 0 radical (unpaired) electrons. The highest BCUT2D eigenvalue weighted by atomic mass is 127. The molecule has 0 bridgehead atoms. The zero-order chi connectivity index (χ0) is 12.6. The number of ether oxygens (including phenoxy) is 1. The number of aromatic nitrogens is 2. The number of rotatable bonds is 2. The summed E-state index contributed by atoms with van der Waals surface area (Å²) in [6, 6.07) is -0.318. The molecular formula is C9H12IN3O4. The highest BCUT2D eigenvalue weighted by molar-refractivity contribution is 14.1. The average molecular weight is 353 g/mol. The first-order valence-corrected chi connectivity index (χ1v) is 6.13. The summed E-state index contributed by atoms with van der Waals surface area (Å²) in [4.78, 5) is 25.0. The van der Waals surface area contributed by atoms with E-state index in [1.807, 2.05) is 22.6 Å². The van der Waals surface area contributed by atoms with Gasteiger partial charge in [-0.25, -0.2) is 4.79 Å². The molecular weight excluding hydrogens is 341 g/mol. The smallest absolute Gasteiger partial charge is 0.330 e. The molecule has 0 aromatic carbocycles. The second kappa shape index (κ2) is 4.88. The van der Waals surface area contributed by atoms with Gasteiger partial charge in [0.05, 0.1) is 16.3 Å². The molecule has 7 nitrogen and oxygen atoms in total. The van der Waals surface area contributed by atoms with E-state index in [2.05, 4.69) is 4.98 Å². The van der Waals surface area contributed by atoms with Crippen molar-refractivity contribution in [3.63, 3.8) is 0 Å². The van der Waals surface area contributed by atoms with Crippen molar-refractivity contribution in [2.45, 2.75) is 24.8 Å². The first-order valence-electron chi connectivity index (χ1n) is 5.05. The Morgan fingerprint density at radius 1 is 1.65 bits per heavy atom.